The zero-order valence-electron chi connectivity index (χ0n) is 9.39. The molecule has 2 N–H and O–H groups in total. The molecule has 0 heterocycles. The van der Waals surface area contributed by atoms with E-state index in [2.05, 4.69) is 15.9 Å². The molecule has 4 heteroatoms. The van der Waals surface area contributed by atoms with E-state index in [0.29, 0.717) is 4.90 Å². The molecule has 2 rings (SSSR count). The molecule has 1 saturated carbocycles. The van der Waals surface area contributed by atoms with Crippen LogP contribution in [0, 0.1) is 5.82 Å². The van der Waals surface area contributed by atoms with Gasteiger partial charge < -0.3 is 5.73 Å². The fourth-order valence-electron chi connectivity index (χ4n) is 2.18. The van der Waals surface area contributed by atoms with E-state index in [-0.39, 0.29) is 17.3 Å². The molecule has 0 aromatic heterocycles. The SMILES string of the molecule is CSc1c(F)cc(C2(C(C)N)CC2)cc1Br. The summed E-state index contributed by atoms with van der Waals surface area (Å²) < 4.78 is 14.7. The Morgan fingerprint density at radius 3 is 2.50 bits per heavy atom. The van der Waals surface area contributed by atoms with Crippen molar-refractivity contribution in [3.8, 4) is 0 Å². The van der Waals surface area contributed by atoms with Gasteiger partial charge in [0.25, 0.3) is 0 Å². The maximum atomic E-state index is 13.8. The van der Waals surface area contributed by atoms with E-state index in [1.54, 1.807) is 6.07 Å². The third-order valence-electron chi connectivity index (χ3n) is 3.44. The van der Waals surface area contributed by atoms with Gasteiger partial charge >= 0.3 is 0 Å². The van der Waals surface area contributed by atoms with Crippen LogP contribution in [0.3, 0.4) is 0 Å². The van der Waals surface area contributed by atoms with Crippen molar-refractivity contribution < 1.29 is 4.39 Å². The lowest BCUT2D eigenvalue weighted by Crippen LogP contribution is -2.31. The van der Waals surface area contributed by atoms with Gasteiger partial charge in [-0.05, 0) is 59.6 Å². The number of hydrogen-bond acceptors (Lipinski definition) is 2. The second-order valence-corrected chi connectivity index (χ2v) is 6.09. The molecule has 0 aliphatic heterocycles. The minimum absolute atomic E-state index is 0.0142. The van der Waals surface area contributed by atoms with Crippen LogP contribution in [0.15, 0.2) is 21.5 Å². The quantitative estimate of drug-likeness (QED) is 0.862. The molecule has 1 unspecified atom stereocenters. The first-order valence-electron chi connectivity index (χ1n) is 5.30. The Balaban J connectivity index is 2.45. The van der Waals surface area contributed by atoms with Gasteiger partial charge in [0.05, 0.1) is 4.90 Å². The number of halogens is 2. The summed E-state index contributed by atoms with van der Waals surface area (Å²) >= 11 is 4.84. The standard InChI is InChI=1S/C12H15BrFNS/c1-7(15)12(3-4-12)8-5-9(13)11(16-2)10(14)6-8/h5-7H,3-4,15H2,1-2H3. The number of thioether (sulfide) groups is 1. The molecule has 1 nitrogen and oxygen atoms in total. The molecule has 1 atom stereocenters. The summed E-state index contributed by atoms with van der Waals surface area (Å²) in [5.41, 5.74) is 7.04. The van der Waals surface area contributed by atoms with Crippen LogP contribution in [0.5, 0.6) is 0 Å². The molecule has 16 heavy (non-hydrogen) atoms. The van der Waals surface area contributed by atoms with E-state index < -0.39 is 0 Å². The van der Waals surface area contributed by atoms with Crippen molar-refractivity contribution in [2.45, 2.75) is 36.1 Å². The topological polar surface area (TPSA) is 26.0 Å². The highest BCUT2D eigenvalue weighted by Gasteiger charge is 2.47. The average molecular weight is 304 g/mol. The van der Waals surface area contributed by atoms with Crippen molar-refractivity contribution in [1.82, 2.24) is 0 Å². The highest BCUT2D eigenvalue weighted by molar-refractivity contribution is 9.10. The molecule has 0 spiro atoms. The molecule has 1 aromatic rings. The fourth-order valence-corrected chi connectivity index (χ4v) is 3.61. The summed E-state index contributed by atoms with van der Waals surface area (Å²) in [7, 11) is 0. The van der Waals surface area contributed by atoms with E-state index in [4.69, 9.17) is 5.73 Å². The van der Waals surface area contributed by atoms with E-state index in [1.165, 1.54) is 11.8 Å². The molecular weight excluding hydrogens is 289 g/mol. The average Bonchev–Trinajstić information content (AvgIpc) is 2.97. The molecule has 0 saturated heterocycles. The molecule has 1 fully saturated rings. The normalized spacial score (nSPS) is 19.6. The largest absolute Gasteiger partial charge is 0.327 e. The van der Waals surface area contributed by atoms with Crippen molar-refractivity contribution in [3.63, 3.8) is 0 Å². The van der Waals surface area contributed by atoms with Crippen molar-refractivity contribution in [2.75, 3.05) is 6.26 Å². The smallest absolute Gasteiger partial charge is 0.138 e. The number of nitrogens with two attached hydrogens (primary N) is 1. The summed E-state index contributed by atoms with van der Waals surface area (Å²) in [6, 6.07) is 3.75. The zero-order valence-corrected chi connectivity index (χ0v) is 11.8. The first kappa shape index (κ1) is 12.4. The third-order valence-corrected chi connectivity index (χ3v) is 5.15. The Labute approximate surface area is 108 Å². The Bertz CT molecular complexity index is 392. The minimum Gasteiger partial charge on any atom is -0.327 e. The van der Waals surface area contributed by atoms with Crippen LogP contribution in [0.25, 0.3) is 0 Å². The lowest BCUT2D eigenvalue weighted by Gasteiger charge is -2.21. The summed E-state index contributed by atoms with van der Waals surface area (Å²) in [6.07, 6.45) is 4.01. The lowest BCUT2D eigenvalue weighted by atomic mass is 9.89. The number of hydrogen-bond donors (Lipinski definition) is 1. The van der Waals surface area contributed by atoms with Gasteiger partial charge in [0.2, 0.25) is 0 Å². The van der Waals surface area contributed by atoms with Crippen LogP contribution in [0.1, 0.15) is 25.3 Å². The molecular formula is C12H15BrFNS. The fraction of sp³-hybridized carbons (Fsp3) is 0.500. The number of benzene rings is 1. The van der Waals surface area contributed by atoms with Gasteiger partial charge in [0, 0.05) is 15.9 Å². The third kappa shape index (κ3) is 1.91. The molecule has 1 aromatic carbocycles. The predicted molar refractivity (Wildman–Crippen MR) is 70.4 cm³/mol. The van der Waals surface area contributed by atoms with Crippen LogP contribution in [-0.2, 0) is 5.41 Å². The predicted octanol–water partition coefficient (Wildman–Crippen LogP) is 3.69. The highest BCUT2D eigenvalue weighted by atomic mass is 79.9. The molecule has 88 valence electrons. The van der Waals surface area contributed by atoms with Gasteiger partial charge in [-0.2, -0.15) is 0 Å². The summed E-state index contributed by atoms with van der Waals surface area (Å²) in [5, 5.41) is 0. The Morgan fingerprint density at radius 2 is 2.12 bits per heavy atom. The molecule has 0 radical (unpaired) electrons. The maximum Gasteiger partial charge on any atom is 0.138 e. The number of rotatable bonds is 3. The van der Waals surface area contributed by atoms with Gasteiger partial charge in [-0.15, -0.1) is 11.8 Å². The first-order chi connectivity index (χ1) is 7.51. The molecule has 1 aliphatic rings. The van der Waals surface area contributed by atoms with Gasteiger partial charge in [-0.25, -0.2) is 4.39 Å². The second kappa shape index (κ2) is 4.31. The maximum absolute atomic E-state index is 13.8. The van der Waals surface area contributed by atoms with Gasteiger partial charge in [-0.3, -0.25) is 0 Å². The van der Waals surface area contributed by atoms with E-state index in [9.17, 15) is 4.39 Å². The summed E-state index contributed by atoms with van der Waals surface area (Å²) in [6.45, 7) is 2.00. The highest BCUT2D eigenvalue weighted by Crippen LogP contribution is 2.51. The Morgan fingerprint density at radius 1 is 1.50 bits per heavy atom. The van der Waals surface area contributed by atoms with Crippen molar-refractivity contribution >= 4 is 27.7 Å². The van der Waals surface area contributed by atoms with E-state index >= 15 is 0 Å². The summed E-state index contributed by atoms with van der Waals surface area (Å²) in [5.74, 6) is -0.149. The van der Waals surface area contributed by atoms with Crippen molar-refractivity contribution in [1.29, 1.82) is 0 Å². The molecule has 1 aliphatic carbocycles. The zero-order chi connectivity index (χ0) is 11.9. The Kier molecular flexibility index (Phi) is 3.34. The van der Waals surface area contributed by atoms with E-state index in [1.807, 2.05) is 19.2 Å². The van der Waals surface area contributed by atoms with E-state index in [0.717, 1.165) is 22.9 Å². The lowest BCUT2D eigenvalue weighted by molar-refractivity contribution is 0.542. The van der Waals surface area contributed by atoms with Gasteiger partial charge in [0.15, 0.2) is 0 Å². The van der Waals surface area contributed by atoms with Crippen LogP contribution >= 0.6 is 27.7 Å². The Hall–Kier alpha value is -0.0600. The van der Waals surface area contributed by atoms with Crippen LogP contribution in [-0.4, -0.2) is 12.3 Å². The molecule has 0 amide bonds. The van der Waals surface area contributed by atoms with Gasteiger partial charge in [0.1, 0.15) is 5.82 Å². The second-order valence-electron chi connectivity index (χ2n) is 4.42. The monoisotopic (exact) mass is 303 g/mol. The molecule has 0 bridgehead atoms. The van der Waals surface area contributed by atoms with Gasteiger partial charge in [-0.1, -0.05) is 0 Å². The summed E-state index contributed by atoms with van der Waals surface area (Å²) in [4.78, 5) is 0.671. The minimum atomic E-state index is -0.149. The van der Waals surface area contributed by atoms with Crippen molar-refractivity contribution in [3.05, 3.63) is 28.0 Å². The van der Waals surface area contributed by atoms with Crippen LogP contribution < -0.4 is 5.73 Å². The van der Waals surface area contributed by atoms with Crippen molar-refractivity contribution in [2.24, 2.45) is 5.73 Å². The van der Waals surface area contributed by atoms with Crippen LogP contribution in [0.4, 0.5) is 4.39 Å². The first-order valence-corrected chi connectivity index (χ1v) is 7.32. The van der Waals surface area contributed by atoms with Crippen LogP contribution in [0.2, 0.25) is 0 Å².